The van der Waals surface area contributed by atoms with Crippen molar-refractivity contribution in [1.82, 2.24) is 4.98 Å². The number of benzene rings is 2. The maximum atomic E-state index is 11.1. The zero-order chi connectivity index (χ0) is 12.4. The van der Waals surface area contributed by atoms with Crippen LogP contribution in [0, 0.1) is 0 Å². The Morgan fingerprint density at radius 1 is 0.889 bits per heavy atom. The molecular formula is C16H11NO. The van der Waals surface area contributed by atoms with Gasteiger partial charge in [-0.3, -0.25) is 9.78 Å². The van der Waals surface area contributed by atoms with E-state index < -0.39 is 0 Å². The van der Waals surface area contributed by atoms with Crippen LogP contribution in [0.3, 0.4) is 0 Å². The average Bonchev–Trinajstić information content (AvgIpc) is 2.46. The van der Waals surface area contributed by atoms with E-state index in [1.54, 1.807) is 6.20 Å². The van der Waals surface area contributed by atoms with E-state index in [-0.39, 0.29) is 0 Å². The minimum atomic E-state index is 0.668. The van der Waals surface area contributed by atoms with E-state index in [4.69, 9.17) is 0 Å². The monoisotopic (exact) mass is 233 g/mol. The predicted molar refractivity (Wildman–Crippen MR) is 72.6 cm³/mol. The molecule has 0 spiro atoms. The Kier molecular flexibility index (Phi) is 2.61. The van der Waals surface area contributed by atoms with E-state index in [1.165, 1.54) is 0 Å². The number of aldehydes is 1. The molecule has 0 fully saturated rings. The Morgan fingerprint density at radius 2 is 1.67 bits per heavy atom. The van der Waals surface area contributed by atoms with Crippen LogP contribution in [0.4, 0.5) is 0 Å². The van der Waals surface area contributed by atoms with E-state index in [9.17, 15) is 4.79 Å². The van der Waals surface area contributed by atoms with Gasteiger partial charge in [-0.25, -0.2) is 0 Å². The first-order chi connectivity index (χ1) is 8.90. The van der Waals surface area contributed by atoms with E-state index in [1.807, 2.05) is 54.6 Å². The highest BCUT2D eigenvalue weighted by Crippen LogP contribution is 2.27. The maximum absolute atomic E-state index is 11.1. The third-order valence-electron chi connectivity index (χ3n) is 3.02. The fraction of sp³-hybridized carbons (Fsp3) is 0. The van der Waals surface area contributed by atoms with Crippen LogP contribution in [0.2, 0.25) is 0 Å². The minimum absolute atomic E-state index is 0.668. The van der Waals surface area contributed by atoms with Crippen molar-refractivity contribution in [3.63, 3.8) is 0 Å². The Bertz CT molecular complexity index is 714. The van der Waals surface area contributed by atoms with Crippen LogP contribution >= 0.6 is 0 Å². The van der Waals surface area contributed by atoms with Crippen molar-refractivity contribution < 1.29 is 4.79 Å². The molecule has 0 N–H and O–H groups in total. The molecule has 1 aromatic heterocycles. The largest absolute Gasteiger partial charge is 0.298 e. The Hall–Kier alpha value is -2.48. The van der Waals surface area contributed by atoms with E-state index in [0.29, 0.717) is 5.56 Å². The number of rotatable bonds is 2. The number of aromatic nitrogens is 1. The van der Waals surface area contributed by atoms with Gasteiger partial charge in [-0.1, -0.05) is 48.5 Å². The fourth-order valence-electron chi connectivity index (χ4n) is 2.15. The van der Waals surface area contributed by atoms with Crippen LogP contribution in [-0.4, -0.2) is 11.3 Å². The molecule has 86 valence electrons. The molecule has 0 bridgehead atoms. The van der Waals surface area contributed by atoms with Crippen molar-refractivity contribution in [1.29, 1.82) is 0 Å². The zero-order valence-corrected chi connectivity index (χ0v) is 9.71. The average molecular weight is 233 g/mol. The van der Waals surface area contributed by atoms with E-state index in [2.05, 4.69) is 4.98 Å². The van der Waals surface area contributed by atoms with Gasteiger partial charge in [0.2, 0.25) is 0 Å². The number of pyridine rings is 1. The summed E-state index contributed by atoms with van der Waals surface area (Å²) in [4.78, 5) is 15.5. The Balaban J connectivity index is 2.35. The van der Waals surface area contributed by atoms with Crippen molar-refractivity contribution in [2.45, 2.75) is 0 Å². The third-order valence-corrected chi connectivity index (χ3v) is 3.02. The molecular weight excluding hydrogens is 222 g/mol. The molecule has 0 amide bonds. The van der Waals surface area contributed by atoms with Crippen molar-refractivity contribution in [2.75, 3.05) is 0 Å². The molecule has 18 heavy (non-hydrogen) atoms. The van der Waals surface area contributed by atoms with Crippen LogP contribution in [0.5, 0.6) is 0 Å². The second-order valence-corrected chi connectivity index (χ2v) is 4.09. The number of hydrogen-bond donors (Lipinski definition) is 0. The summed E-state index contributed by atoms with van der Waals surface area (Å²) < 4.78 is 0. The first kappa shape index (κ1) is 10.7. The van der Waals surface area contributed by atoms with Gasteiger partial charge in [-0.2, -0.15) is 0 Å². The first-order valence-corrected chi connectivity index (χ1v) is 5.78. The third kappa shape index (κ3) is 1.68. The molecule has 0 aliphatic rings. The van der Waals surface area contributed by atoms with Gasteiger partial charge >= 0.3 is 0 Å². The predicted octanol–water partition coefficient (Wildman–Crippen LogP) is 3.71. The molecule has 0 saturated heterocycles. The molecule has 2 heteroatoms. The second kappa shape index (κ2) is 4.41. The van der Waals surface area contributed by atoms with Crippen LogP contribution in [-0.2, 0) is 0 Å². The summed E-state index contributed by atoms with van der Waals surface area (Å²) in [5, 5.41) is 2.19. The molecule has 2 nitrogen and oxygen atoms in total. The highest BCUT2D eigenvalue weighted by Gasteiger charge is 2.08. The second-order valence-electron chi connectivity index (χ2n) is 4.09. The fourth-order valence-corrected chi connectivity index (χ4v) is 2.15. The molecule has 0 aliphatic heterocycles. The summed E-state index contributed by atoms with van der Waals surface area (Å²) in [7, 11) is 0. The molecule has 0 aliphatic carbocycles. The van der Waals surface area contributed by atoms with Gasteiger partial charge in [0.1, 0.15) is 0 Å². The van der Waals surface area contributed by atoms with Crippen LogP contribution in [0.25, 0.3) is 22.0 Å². The molecule has 1 heterocycles. The van der Waals surface area contributed by atoms with E-state index >= 15 is 0 Å². The van der Waals surface area contributed by atoms with Crippen molar-refractivity contribution >= 4 is 17.1 Å². The lowest BCUT2D eigenvalue weighted by Crippen LogP contribution is -1.91. The molecule has 0 radical (unpaired) electrons. The first-order valence-electron chi connectivity index (χ1n) is 5.78. The molecule has 3 aromatic rings. The molecule has 0 unspecified atom stereocenters. The standard InChI is InChI=1S/C16H11NO/c18-11-13-6-2-4-8-15(13)16-14-7-3-1-5-12(14)9-10-17-16/h1-11H. The number of carbonyl (C=O) groups is 1. The van der Waals surface area contributed by atoms with Crippen molar-refractivity contribution in [3.05, 3.63) is 66.4 Å². The normalized spacial score (nSPS) is 10.4. The molecule has 0 saturated carbocycles. The van der Waals surface area contributed by atoms with E-state index in [0.717, 1.165) is 28.3 Å². The van der Waals surface area contributed by atoms with Crippen LogP contribution in [0.15, 0.2) is 60.8 Å². The summed E-state index contributed by atoms with van der Waals surface area (Å²) >= 11 is 0. The van der Waals surface area contributed by atoms with Crippen LogP contribution in [0.1, 0.15) is 10.4 Å². The van der Waals surface area contributed by atoms with Crippen molar-refractivity contribution in [2.24, 2.45) is 0 Å². The number of carbonyl (C=O) groups excluding carboxylic acids is 1. The van der Waals surface area contributed by atoms with Crippen molar-refractivity contribution in [3.8, 4) is 11.3 Å². The topological polar surface area (TPSA) is 30.0 Å². The van der Waals surface area contributed by atoms with Gasteiger partial charge in [-0.15, -0.1) is 0 Å². The summed E-state index contributed by atoms with van der Waals surface area (Å²) in [5.41, 5.74) is 2.40. The van der Waals surface area contributed by atoms with Gasteiger partial charge in [0.15, 0.2) is 6.29 Å². The van der Waals surface area contributed by atoms with Gasteiger partial charge < -0.3 is 0 Å². The lowest BCUT2D eigenvalue weighted by atomic mass is 10.0. The summed E-state index contributed by atoms with van der Waals surface area (Å²) in [5.74, 6) is 0. The number of hydrogen-bond acceptors (Lipinski definition) is 2. The maximum Gasteiger partial charge on any atom is 0.150 e. The zero-order valence-electron chi connectivity index (χ0n) is 9.71. The molecule has 0 atom stereocenters. The Labute approximate surface area is 105 Å². The quantitative estimate of drug-likeness (QED) is 0.631. The highest BCUT2D eigenvalue weighted by molar-refractivity contribution is 5.98. The summed E-state index contributed by atoms with van der Waals surface area (Å²) in [6, 6.07) is 17.6. The lowest BCUT2D eigenvalue weighted by molar-refractivity contribution is 0.112. The van der Waals surface area contributed by atoms with Gasteiger partial charge in [0, 0.05) is 22.7 Å². The lowest BCUT2D eigenvalue weighted by Gasteiger charge is -2.07. The SMILES string of the molecule is O=Cc1ccccc1-c1nccc2ccccc12. The number of nitrogens with zero attached hydrogens (tertiary/aromatic N) is 1. The minimum Gasteiger partial charge on any atom is -0.298 e. The summed E-state index contributed by atoms with van der Waals surface area (Å²) in [6.07, 6.45) is 2.65. The van der Waals surface area contributed by atoms with Crippen LogP contribution < -0.4 is 0 Å². The summed E-state index contributed by atoms with van der Waals surface area (Å²) in [6.45, 7) is 0. The smallest absolute Gasteiger partial charge is 0.150 e. The molecule has 3 rings (SSSR count). The van der Waals surface area contributed by atoms with Gasteiger partial charge in [0.05, 0.1) is 5.69 Å². The highest BCUT2D eigenvalue weighted by atomic mass is 16.1. The molecule has 2 aromatic carbocycles. The van der Waals surface area contributed by atoms with Gasteiger partial charge in [0.25, 0.3) is 0 Å². The Morgan fingerprint density at radius 3 is 2.56 bits per heavy atom. The number of fused-ring (bicyclic) bond motifs is 1. The van der Waals surface area contributed by atoms with Gasteiger partial charge in [-0.05, 0) is 11.5 Å².